The molecule has 2 aromatic rings. The predicted molar refractivity (Wildman–Crippen MR) is 73.7 cm³/mol. The molecule has 3 rings (SSSR count). The van der Waals surface area contributed by atoms with Gasteiger partial charge < -0.3 is 9.32 Å². The van der Waals surface area contributed by atoms with Gasteiger partial charge in [0, 0.05) is 31.6 Å². The van der Waals surface area contributed by atoms with Gasteiger partial charge >= 0.3 is 0 Å². The molecule has 0 saturated carbocycles. The van der Waals surface area contributed by atoms with E-state index in [4.69, 9.17) is 10.8 Å². The summed E-state index contributed by atoms with van der Waals surface area (Å²) in [5, 5.41) is 1.17. The molecule has 0 spiro atoms. The number of terminal acetylenes is 1. The fourth-order valence-electron chi connectivity index (χ4n) is 2.50. The Morgan fingerprint density at radius 3 is 2.78 bits per heavy atom. The fourth-order valence-corrected chi connectivity index (χ4v) is 2.50. The lowest BCUT2D eigenvalue weighted by molar-refractivity contribution is 0.288. The number of rotatable bonds is 2. The van der Waals surface area contributed by atoms with Gasteiger partial charge in [-0.15, -0.1) is 6.42 Å². The van der Waals surface area contributed by atoms with Gasteiger partial charge in [-0.05, 0) is 12.1 Å². The average molecular weight is 240 g/mol. The first-order valence-corrected chi connectivity index (χ1v) is 6.25. The molecule has 3 heteroatoms. The van der Waals surface area contributed by atoms with Crippen molar-refractivity contribution in [3.05, 3.63) is 30.5 Å². The Morgan fingerprint density at radius 1 is 1.17 bits per heavy atom. The van der Waals surface area contributed by atoms with Crippen LogP contribution in [0.5, 0.6) is 0 Å². The van der Waals surface area contributed by atoms with Gasteiger partial charge in [-0.3, -0.25) is 4.90 Å². The van der Waals surface area contributed by atoms with Crippen molar-refractivity contribution < 1.29 is 4.42 Å². The zero-order chi connectivity index (χ0) is 12.4. The highest BCUT2D eigenvalue weighted by molar-refractivity contribution is 5.89. The molecule has 0 bridgehead atoms. The van der Waals surface area contributed by atoms with Crippen LogP contribution in [-0.2, 0) is 0 Å². The third kappa shape index (κ3) is 1.96. The van der Waals surface area contributed by atoms with Crippen molar-refractivity contribution >= 4 is 16.7 Å². The van der Waals surface area contributed by atoms with E-state index in [1.165, 1.54) is 11.1 Å². The van der Waals surface area contributed by atoms with Gasteiger partial charge in [0.1, 0.15) is 0 Å². The van der Waals surface area contributed by atoms with Crippen LogP contribution in [-0.4, -0.2) is 37.6 Å². The molecule has 0 amide bonds. The third-order valence-corrected chi connectivity index (χ3v) is 3.49. The van der Waals surface area contributed by atoms with Gasteiger partial charge in [-0.2, -0.15) is 0 Å². The Labute approximate surface area is 107 Å². The van der Waals surface area contributed by atoms with E-state index in [1.54, 1.807) is 6.26 Å². The number of anilines is 1. The molecule has 1 aromatic heterocycles. The number of fused-ring (bicyclic) bond motifs is 1. The summed E-state index contributed by atoms with van der Waals surface area (Å²) in [6.07, 6.45) is 7.10. The van der Waals surface area contributed by atoms with Gasteiger partial charge in [-0.25, -0.2) is 0 Å². The van der Waals surface area contributed by atoms with E-state index in [9.17, 15) is 0 Å². The molecular weight excluding hydrogens is 224 g/mol. The van der Waals surface area contributed by atoms with Crippen molar-refractivity contribution in [3.63, 3.8) is 0 Å². The second-order valence-electron chi connectivity index (χ2n) is 4.58. The van der Waals surface area contributed by atoms with Crippen LogP contribution in [0.4, 0.5) is 5.69 Å². The van der Waals surface area contributed by atoms with Gasteiger partial charge in [0.05, 0.1) is 18.5 Å². The summed E-state index contributed by atoms with van der Waals surface area (Å²) in [5.41, 5.74) is 2.18. The van der Waals surface area contributed by atoms with E-state index in [1.807, 2.05) is 6.07 Å². The van der Waals surface area contributed by atoms with Crippen LogP contribution in [0.2, 0.25) is 0 Å². The Morgan fingerprint density at radius 2 is 2.00 bits per heavy atom. The molecule has 2 heterocycles. The summed E-state index contributed by atoms with van der Waals surface area (Å²) in [5.74, 6) is 2.71. The van der Waals surface area contributed by atoms with Gasteiger partial charge in [-0.1, -0.05) is 18.1 Å². The van der Waals surface area contributed by atoms with Crippen LogP contribution in [0.25, 0.3) is 11.0 Å². The van der Waals surface area contributed by atoms with E-state index in [-0.39, 0.29) is 0 Å². The Bertz CT molecular complexity index is 573. The van der Waals surface area contributed by atoms with Crippen molar-refractivity contribution in [2.24, 2.45) is 0 Å². The molecule has 18 heavy (non-hydrogen) atoms. The van der Waals surface area contributed by atoms with E-state index >= 15 is 0 Å². The fraction of sp³-hybridized carbons (Fsp3) is 0.333. The van der Waals surface area contributed by atoms with Crippen LogP contribution in [0.15, 0.2) is 34.9 Å². The number of para-hydroxylation sites is 1. The molecule has 0 unspecified atom stereocenters. The third-order valence-electron chi connectivity index (χ3n) is 3.49. The maximum absolute atomic E-state index is 5.59. The number of nitrogens with zero attached hydrogens (tertiary/aromatic N) is 2. The highest BCUT2D eigenvalue weighted by Crippen LogP contribution is 2.28. The molecule has 1 aromatic carbocycles. The maximum Gasteiger partial charge on any atom is 0.157 e. The van der Waals surface area contributed by atoms with Crippen molar-refractivity contribution in [1.82, 2.24) is 4.90 Å². The summed E-state index contributed by atoms with van der Waals surface area (Å²) in [4.78, 5) is 4.68. The summed E-state index contributed by atoms with van der Waals surface area (Å²) in [7, 11) is 0. The van der Waals surface area contributed by atoms with Crippen molar-refractivity contribution in [1.29, 1.82) is 0 Å². The molecule has 0 aliphatic carbocycles. The Kier molecular flexibility index (Phi) is 2.95. The van der Waals surface area contributed by atoms with Crippen molar-refractivity contribution in [2.75, 3.05) is 37.6 Å². The van der Waals surface area contributed by atoms with Crippen molar-refractivity contribution in [2.45, 2.75) is 0 Å². The second-order valence-corrected chi connectivity index (χ2v) is 4.58. The number of hydrogen-bond donors (Lipinski definition) is 0. The minimum atomic E-state index is 0.749. The Hall–Kier alpha value is -1.92. The molecule has 0 radical (unpaired) electrons. The zero-order valence-electron chi connectivity index (χ0n) is 10.3. The van der Waals surface area contributed by atoms with Gasteiger partial charge in [0.25, 0.3) is 0 Å². The minimum absolute atomic E-state index is 0.749. The summed E-state index contributed by atoms with van der Waals surface area (Å²) in [6.45, 7) is 4.78. The molecule has 0 atom stereocenters. The summed E-state index contributed by atoms with van der Waals surface area (Å²) in [6, 6.07) is 8.30. The Balaban J connectivity index is 1.80. The SMILES string of the molecule is C#CCN1CCN(c2cccc3ccoc23)CC1. The smallest absolute Gasteiger partial charge is 0.157 e. The van der Waals surface area contributed by atoms with Crippen LogP contribution in [0.3, 0.4) is 0 Å². The zero-order valence-corrected chi connectivity index (χ0v) is 10.3. The number of piperazine rings is 1. The predicted octanol–water partition coefficient (Wildman–Crippen LogP) is 2.19. The first kappa shape index (κ1) is 11.2. The lowest BCUT2D eigenvalue weighted by Gasteiger charge is -2.35. The maximum atomic E-state index is 5.59. The average Bonchev–Trinajstić information content (AvgIpc) is 2.88. The molecule has 1 fully saturated rings. The molecule has 1 aliphatic rings. The van der Waals surface area contributed by atoms with E-state index in [0.717, 1.165) is 38.3 Å². The highest BCUT2D eigenvalue weighted by atomic mass is 16.3. The molecule has 92 valence electrons. The number of benzene rings is 1. The van der Waals surface area contributed by atoms with E-state index < -0.39 is 0 Å². The molecule has 1 saturated heterocycles. The molecule has 3 nitrogen and oxygen atoms in total. The van der Waals surface area contributed by atoms with Crippen LogP contribution in [0.1, 0.15) is 0 Å². The normalized spacial score (nSPS) is 16.9. The number of hydrogen-bond acceptors (Lipinski definition) is 3. The molecular formula is C15H16N2O. The first-order chi connectivity index (χ1) is 8.88. The van der Waals surface area contributed by atoms with Crippen molar-refractivity contribution in [3.8, 4) is 12.3 Å². The topological polar surface area (TPSA) is 19.6 Å². The molecule has 1 aliphatic heterocycles. The standard InChI is InChI=1S/C15H16N2O/c1-2-7-16-8-10-17(11-9-16)14-5-3-4-13-6-12-18-15(13)14/h1,3-6,12H,7-11H2. The lowest BCUT2D eigenvalue weighted by atomic mass is 10.2. The van der Waals surface area contributed by atoms with Gasteiger partial charge in [0.15, 0.2) is 5.58 Å². The summed E-state index contributed by atoms with van der Waals surface area (Å²) < 4.78 is 5.59. The quantitative estimate of drug-likeness (QED) is 0.750. The minimum Gasteiger partial charge on any atom is -0.462 e. The second kappa shape index (κ2) is 4.75. The van der Waals surface area contributed by atoms with E-state index in [0.29, 0.717) is 0 Å². The highest BCUT2D eigenvalue weighted by Gasteiger charge is 2.18. The largest absolute Gasteiger partial charge is 0.462 e. The van der Waals surface area contributed by atoms with Crippen LogP contribution in [0, 0.1) is 12.3 Å². The molecule has 0 N–H and O–H groups in total. The monoisotopic (exact) mass is 240 g/mol. The van der Waals surface area contributed by atoms with E-state index in [2.05, 4.69) is 33.9 Å². The number of furan rings is 1. The first-order valence-electron chi connectivity index (χ1n) is 6.25. The van der Waals surface area contributed by atoms with Gasteiger partial charge in [0.2, 0.25) is 0 Å². The van der Waals surface area contributed by atoms with Crippen LogP contribution < -0.4 is 4.90 Å². The van der Waals surface area contributed by atoms with Crippen LogP contribution >= 0.6 is 0 Å². The summed E-state index contributed by atoms with van der Waals surface area (Å²) >= 11 is 0. The lowest BCUT2D eigenvalue weighted by Crippen LogP contribution is -2.46.